The number of benzene rings is 2. The molecule has 10 heteroatoms. The number of hydrogen-bond donors (Lipinski definition) is 2. The van der Waals surface area contributed by atoms with Crippen LogP contribution < -0.4 is 5.32 Å². The van der Waals surface area contributed by atoms with Gasteiger partial charge in [0.15, 0.2) is 0 Å². The Balaban J connectivity index is 1.61. The lowest BCUT2D eigenvalue weighted by atomic mass is 9.98. The number of aliphatic carboxylic acids is 1. The van der Waals surface area contributed by atoms with E-state index in [1.165, 1.54) is 0 Å². The molecule has 35 heavy (non-hydrogen) atoms. The van der Waals surface area contributed by atoms with E-state index in [0.717, 1.165) is 27.2 Å². The molecule has 1 aliphatic carbocycles. The number of rotatable bonds is 10. The predicted molar refractivity (Wildman–Crippen MR) is 122 cm³/mol. The van der Waals surface area contributed by atoms with Crippen LogP contribution in [-0.4, -0.2) is 59.9 Å². The number of fused-ring (bicyclic) bond motifs is 3. The summed E-state index contributed by atoms with van der Waals surface area (Å²) in [6.45, 7) is 1.09. The summed E-state index contributed by atoms with van der Waals surface area (Å²) in [6, 6.07) is 12.8. The van der Waals surface area contributed by atoms with Gasteiger partial charge in [-0.25, -0.2) is 4.79 Å². The van der Waals surface area contributed by atoms with E-state index < -0.39 is 49.6 Å². The molecule has 0 saturated heterocycles. The molecule has 2 amide bonds. The Bertz CT molecular complexity index is 1030. The number of ether oxygens (including phenoxy) is 1. The van der Waals surface area contributed by atoms with Crippen LogP contribution in [0.4, 0.5) is 18.0 Å². The molecule has 0 aliphatic heterocycles. The van der Waals surface area contributed by atoms with Crippen LogP contribution in [0.15, 0.2) is 48.5 Å². The van der Waals surface area contributed by atoms with Crippen molar-refractivity contribution >= 4 is 18.0 Å². The quantitative estimate of drug-likeness (QED) is 0.507. The maximum Gasteiger partial charge on any atom is 0.408 e. The highest BCUT2D eigenvalue weighted by molar-refractivity contribution is 5.81. The molecule has 0 bridgehead atoms. The third-order valence-corrected chi connectivity index (χ3v) is 5.85. The molecule has 3 rings (SSSR count). The minimum atomic E-state index is -4.81. The summed E-state index contributed by atoms with van der Waals surface area (Å²) in [5, 5.41) is 10.7. The Hall–Kier alpha value is -3.56. The number of amides is 2. The molecule has 0 spiro atoms. The van der Waals surface area contributed by atoms with Gasteiger partial charge in [0.2, 0.25) is 5.91 Å². The normalized spacial score (nSPS) is 13.5. The molecule has 2 N–H and O–H groups in total. The summed E-state index contributed by atoms with van der Waals surface area (Å²) in [6.07, 6.45) is -6.89. The largest absolute Gasteiger partial charge is 0.480 e. The lowest BCUT2D eigenvalue weighted by Gasteiger charge is -2.24. The molecule has 7 nitrogen and oxygen atoms in total. The molecular formula is C25H27F3N2O5. The molecule has 2 aromatic carbocycles. The van der Waals surface area contributed by atoms with Crippen LogP contribution in [0.5, 0.6) is 0 Å². The highest BCUT2D eigenvalue weighted by Crippen LogP contribution is 2.44. The Kier molecular flexibility index (Phi) is 8.37. The third-order valence-electron chi connectivity index (χ3n) is 5.85. The molecule has 0 radical (unpaired) electrons. The molecule has 0 saturated carbocycles. The number of carboxylic acids is 1. The van der Waals surface area contributed by atoms with E-state index in [0.29, 0.717) is 6.42 Å². The van der Waals surface area contributed by atoms with Crippen molar-refractivity contribution in [1.82, 2.24) is 10.2 Å². The second-order valence-electron chi connectivity index (χ2n) is 8.31. The predicted octanol–water partition coefficient (Wildman–Crippen LogP) is 4.56. The van der Waals surface area contributed by atoms with E-state index in [2.05, 4.69) is 0 Å². The van der Waals surface area contributed by atoms with Gasteiger partial charge in [-0.3, -0.25) is 9.59 Å². The Morgan fingerprint density at radius 1 is 1.06 bits per heavy atom. The molecule has 188 valence electrons. The Morgan fingerprint density at radius 2 is 1.63 bits per heavy atom. The average Bonchev–Trinajstić information content (AvgIpc) is 3.12. The highest BCUT2D eigenvalue weighted by atomic mass is 19.4. The van der Waals surface area contributed by atoms with Crippen LogP contribution in [0.25, 0.3) is 11.1 Å². The zero-order chi connectivity index (χ0) is 25.6. The van der Waals surface area contributed by atoms with Crippen molar-refractivity contribution < 1.29 is 37.4 Å². The van der Waals surface area contributed by atoms with Crippen molar-refractivity contribution in [2.24, 2.45) is 0 Å². The number of nitrogens with one attached hydrogen (secondary N) is 1. The summed E-state index contributed by atoms with van der Waals surface area (Å²) < 4.78 is 45.8. The summed E-state index contributed by atoms with van der Waals surface area (Å²) >= 11 is 0. The first-order valence-corrected chi connectivity index (χ1v) is 11.3. The Morgan fingerprint density at radius 3 is 2.14 bits per heavy atom. The molecule has 0 fully saturated rings. The van der Waals surface area contributed by atoms with Crippen LogP contribution in [0, 0.1) is 0 Å². The van der Waals surface area contributed by atoms with E-state index in [1.807, 2.05) is 53.8 Å². The molecule has 2 aromatic rings. The lowest BCUT2D eigenvalue weighted by molar-refractivity contribution is -0.158. The lowest BCUT2D eigenvalue weighted by Crippen LogP contribution is -2.46. The van der Waals surface area contributed by atoms with Crippen molar-refractivity contribution in [2.45, 2.75) is 44.3 Å². The number of nitrogens with zero attached hydrogens (tertiary/aromatic N) is 1. The first kappa shape index (κ1) is 26.1. The third kappa shape index (κ3) is 6.52. The standard InChI is InChI=1S/C25H27F3N2O5/c1-2-13-30(14-23(32)33)22(31)12-11-21(25(26,27)28)29-24(34)35-15-20-18-9-5-3-7-16(18)17-8-4-6-10-19(17)20/h3-10,20-21H,2,11-15H2,1H3,(H,29,34)(H,32,33)/t21-/m0/s1. The molecule has 1 atom stereocenters. The van der Waals surface area contributed by atoms with Crippen LogP contribution in [0.3, 0.4) is 0 Å². The van der Waals surface area contributed by atoms with Crippen molar-refractivity contribution in [3.05, 3.63) is 59.7 Å². The van der Waals surface area contributed by atoms with E-state index in [1.54, 1.807) is 6.92 Å². The van der Waals surface area contributed by atoms with Gasteiger partial charge in [0.05, 0.1) is 0 Å². The Labute approximate surface area is 200 Å². The fraction of sp³-hybridized carbons (Fsp3) is 0.400. The summed E-state index contributed by atoms with van der Waals surface area (Å²) in [5.74, 6) is -2.29. The van der Waals surface area contributed by atoms with E-state index in [4.69, 9.17) is 9.84 Å². The van der Waals surface area contributed by atoms with E-state index in [9.17, 15) is 27.6 Å². The monoisotopic (exact) mass is 492 g/mol. The summed E-state index contributed by atoms with van der Waals surface area (Å²) in [5.41, 5.74) is 3.83. The van der Waals surface area contributed by atoms with Crippen LogP contribution in [0.2, 0.25) is 0 Å². The second kappa shape index (κ2) is 11.2. The average molecular weight is 492 g/mol. The molecule has 0 aromatic heterocycles. The summed E-state index contributed by atoms with van der Waals surface area (Å²) in [7, 11) is 0. The minimum Gasteiger partial charge on any atom is -0.480 e. The van der Waals surface area contributed by atoms with Gasteiger partial charge in [-0.2, -0.15) is 13.2 Å². The van der Waals surface area contributed by atoms with Gasteiger partial charge < -0.3 is 20.1 Å². The van der Waals surface area contributed by atoms with Crippen molar-refractivity contribution in [3.63, 3.8) is 0 Å². The second-order valence-corrected chi connectivity index (χ2v) is 8.31. The number of halogens is 3. The maximum atomic E-state index is 13.5. The van der Waals surface area contributed by atoms with Gasteiger partial charge in [-0.05, 0) is 35.1 Å². The summed E-state index contributed by atoms with van der Waals surface area (Å²) in [4.78, 5) is 36.5. The number of alkyl carbamates (subject to hydrolysis) is 1. The highest BCUT2D eigenvalue weighted by Gasteiger charge is 2.41. The zero-order valence-electron chi connectivity index (χ0n) is 19.2. The maximum absolute atomic E-state index is 13.5. The van der Waals surface area contributed by atoms with Crippen molar-refractivity contribution in [3.8, 4) is 11.1 Å². The SMILES string of the molecule is CCCN(CC(=O)O)C(=O)CC[C@H](NC(=O)OCC1c2ccccc2-c2ccccc21)C(F)(F)F. The van der Waals surface area contributed by atoms with Crippen LogP contribution in [-0.2, 0) is 14.3 Å². The molecular weight excluding hydrogens is 465 g/mol. The zero-order valence-corrected chi connectivity index (χ0v) is 19.2. The first-order chi connectivity index (χ1) is 16.6. The fourth-order valence-corrected chi connectivity index (χ4v) is 4.25. The number of carbonyl (C=O) groups is 3. The number of hydrogen-bond acceptors (Lipinski definition) is 4. The smallest absolute Gasteiger partial charge is 0.408 e. The molecule has 0 unspecified atom stereocenters. The van der Waals surface area contributed by atoms with Gasteiger partial charge in [-0.15, -0.1) is 0 Å². The number of carboxylic acid groups (broad SMARTS) is 1. The van der Waals surface area contributed by atoms with Crippen molar-refractivity contribution in [1.29, 1.82) is 0 Å². The van der Waals surface area contributed by atoms with E-state index in [-0.39, 0.29) is 19.1 Å². The number of alkyl halides is 3. The minimum absolute atomic E-state index is 0.113. The van der Waals surface area contributed by atoms with Crippen molar-refractivity contribution in [2.75, 3.05) is 19.7 Å². The van der Waals surface area contributed by atoms with Crippen LogP contribution in [0.1, 0.15) is 43.2 Å². The fourth-order valence-electron chi connectivity index (χ4n) is 4.25. The number of carbonyl (C=O) groups excluding carboxylic acids is 2. The van der Waals surface area contributed by atoms with Gasteiger partial charge in [0.1, 0.15) is 19.2 Å². The van der Waals surface area contributed by atoms with E-state index >= 15 is 0 Å². The van der Waals surface area contributed by atoms with Gasteiger partial charge >= 0.3 is 18.2 Å². The van der Waals surface area contributed by atoms with Gasteiger partial charge in [-0.1, -0.05) is 55.5 Å². The first-order valence-electron chi connectivity index (χ1n) is 11.3. The van der Waals surface area contributed by atoms with Gasteiger partial charge in [0.25, 0.3) is 0 Å². The molecule has 1 aliphatic rings. The van der Waals surface area contributed by atoms with Gasteiger partial charge in [0, 0.05) is 18.9 Å². The van der Waals surface area contributed by atoms with Crippen LogP contribution >= 0.6 is 0 Å². The molecule has 0 heterocycles. The topological polar surface area (TPSA) is 95.9 Å².